The van der Waals surface area contributed by atoms with Crippen LogP contribution in [-0.2, 0) is 7.05 Å². The smallest absolute Gasteiger partial charge is 0.222 e. The third-order valence-electron chi connectivity index (χ3n) is 4.04. The molecule has 8 heteroatoms. The van der Waals surface area contributed by atoms with Gasteiger partial charge < -0.3 is 20.5 Å². The lowest BCUT2D eigenvalue weighted by molar-refractivity contribution is 0.585. The van der Waals surface area contributed by atoms with Crippen LogP contribution in [0.5, 0.6) is 0 Å². The van der Waals surface area contributed by atoms with Crippen molar-refractivity contribution in [2.24, 2.45) is 7.05 Å². The normalized spacial score (nSPS) is 15.3. The minimum Gasteiger partial charge on any atom is -0.368 e. The number of nitrogens with two attached hydrogens (primary N) is 1. The summed E-state index contributed by atoms with van der Waals surface area (Å²) in [5, 5.41) is 3.35. The summed E-state index contributed by atoms with van der Waals surface area (Å²) in [6.07, 6.45) is 3.53. The Balaban J connectivity index is 1.81. The van der Waals surface area contributed by atoms with E-state index < -0.39 is 0 Å². The van der Waals surface area contributed by atoms with Gasteiger partial charge in [0.05, 0.1) is 6.33 Å². The first-order chi connectivity index (χ1) is 11.2. The first-order valence-electron chi connectivity index (χ1n) is 7.59. The Morgan fingerprint density at radius 1 is 1.17 bits per heavy atom. The van der Waals surface area contributed by atoms with Crippen LogP contribution >= 0.6 is 0 Å². The van der Waals surface area contributed by atoms with Gasteiger partial charge >= 0.3 is 0 Å². The van der Waals surface area contributed by atoms with E-state index in [2.05, 4.69) is 30.2 Å². The van der Waals surface area contributed by atoms with Gasteiger partial charge in [0.25, 0.3) is 0 Å². The van der Waals surface area contributed by atoms with Crippen LogP contribution in [0.3, 0.4) is 0 Å². The van der Waals surface area contributed by atoms with Crippen LogP contribution in [0.1, 0.15) is 0 Å². The number of hydrogen-bond donors (Lipinski definition) is 2. The molecule has 1 fully saturated rings. The van der Waals surface area contributed by atoms with Crippen LogP contribution in [0.4, 0.5) is 11.8 Å². The van der Waals surface area contributed by atoms with Gasteiger partial charge in [-0.25, -0.2) is 15.0 Å². The predicted octanol–water partition coefficient (Wildman–Crippen LogP) is 0.417. The summed E-state index contributed by atoms with van der Waals surface area (Å²) >= 11 is 0. The number of nitrogens with one attached hydrogen (secondary N) is 1. The van der Waals surface area contributed by atoms with Crippen LogP contribution in [0.2, 0.25) is 0 Å². The lowest BCUT2D eigenvalue weighted by atomic mass is 10.1. The molecule has 8 nitrogen and oxygen atoms in total. The molecule has 1 saturated heterocycles. The van der Waals surface area contributed by atoms with Crippen LogP contribution < -0.4 is 16.0 Å². The molecule has 118 valence electrons. The molecule has 3 N–H and O–H groups in total. The number of aryl methyl sites for hydroxylation is 1. The molecule has 23 heavy (non-hydrogen) atoms. The summed E-state index contributed by atoms with van der Waals surface area (Å²) in [6.45, 7) is 3.83. The summed E-state index contributed by atoms with van der Waals surface area (Å²) < 4.78 is 1.84. The van der Waals surface area contributed by atoms with E-state index in [9.17, 15) is 0 Å². The fourth-order valence-corrected chi connectivity index (χ4v) is 2.86. The number of anilines is 2. The summed E-state index contributed by atoms with van der Waals surface area (Å²) in [5.74, 6) is 1.20. The van der Waals surface area contributed by atoms with E-state index in [0.29, 0.717) is 0 Å². The standard InChI is InChI=1S/C15H18N8/c1-22-9-19-13-12(20-15(16)21-14(13)22)10-2-3-18-11(8-10)23-6-4-17-5-7-23/h2-3,8-9,17H,4-7H2,1H3,(H2,16,20,21). The lowest BCUT2D eigenvalue weighted by Crippen LogP contribution is -2.43. The second kappa shape index (κ2) is 5.47. The van der Waals surface area contributed by atoms with Gasteiger partial charge in [-0.3, -0.25) is 0 Å². The average molecular weight is 310 g/mol. The summed E-state index contributed by atoms with van der Waals surface area (Å²) in [5.41, 5.74) is 9.05. The highest BCUT2D eigenvalue weighted by Crippen LogP contribution is 2.27. The van der Waals surface area contributed by atoms with E-state index in [1.807, 2.05) is 23.7 Å². The number of rotatable bonds is 2. The fraction of sp³-hybridized carbons (Fsp3) is 0.333. The Hall–Kier alpha value is -2.74. The van der Waals surface area contributed by atoms with E-state index in [4.69, 9.17) is 5.73 Å². The number of fused-ring (bicyclic) bond motifs is 1. The Bertz CT molecular complexity index is 850. The topological polar surface area (TPSA) is 97.8 Å². The number of piperazine rings is 1. The lowest BCUT2D eigenvalue weighted by Gasteiger charge is -2.28. The maximum atomic E-state index is 5.87. The van der Waals surface area contributed by atoms with Gasteiger partial charge in [0.2, 0.25) is 5.95 Å². The maximum Gasteiger partial charge on any atom is 0.222 e. The van der Waals surface area contributed by atoms with Crippen LogP contribution in [0.15, 0.2) is 24.7 Å². The molecule has 0 spiro atoms. The molecule has 3 aromatic heterocycles. The van der Waals surface area contributed by atoms with Crippen LogP contribution in [0.25, 0.3) is 22.4 Å². The van der Waals surface area contributed by atoms with E-state index >= 15 is 0 Å². The van der Waals surface area contributed by atoms with Crippen molar-refractivity contribution in [1.82, 2.24) is 29.8 Å². The highest BCUT2D eigenvalue weighted by molar-refractivity contribution is 5.88. The SMILES string of the molecule is Cn1cnc2c(-c3ccnc(N4CCNCC4)c3)nc(N)nc21. The van der Waals surface area contributed by atoms with Gasteiger partial charge in [-0.2, -0.15) is 4.98 Å². The van der Waals surface area contributed by atoms with Gasteiger partial charge in [-0.15, -0.1) is 0 Å². The number of nitrogen functional groups attached to an aromatic ring is 1. The van der Waals surface area contributed by atoms with Crippen molar-refractivity contribution in [3.05, 3.63) is 24.7 Å². The van der Waals surface area contributed by atoms with E-state index in [1.54, 1.807) is 12.5 Å². The highest BCUT2D eigenvalue weighted by atomic mass is 15.2. The van der Waals surface area contributed by atoms with Crippen LogP contribution in [0, 0.1) is 0 Å². The molecule has 0 amide bonds. The van der Waals surface area contributed by atoms with Gasteiger partial charge in [0.1, 0.15) is 17.0 Å². The zero-order valence-corrected chi connectivity index (χ0v) is 12.9. The largest absolute Gasteiger partial charge is 0.368 e. The van der Waals surface area contributed by atoms with Crippen molar-refractivity contribution in [3.63, 3.8) is 0 Å². The second-order valence-electron chi connectivity index (χ2n) is 5.60. The highest BCUT2D eigenvalue weighted by Gasteiger charge is 2.16. The summed E-state index contributed by atoms with van der Waals surface area (Å²) in [6, 6.07) is 3.98. The molecular formula is C15H18N8. The number of nitrogens with zero attached hydrogens (tertiary/aromatic N) is 6. The Morgan fingerprint density at radius 2 is 2.00 bits per heavy atom. The van der Waals surface area contributed by atoms with Crippen molar-refractivity contribution >= 4 is 22.9 Å². The molecule has 0 aromatic carbocycles. The van der Waals surface area contributed by atoms with Crippen molar-refractivity contribution in [2.75, 3.05) is 36.8 Å². The van der Waals surface area contributed by atoms with Gasteiger partial charge in [0, 0.05) is 45.0 Å². The Labute approximate surface area is 133 Å². The van der Waals surface area contributed by atoms with E-state index in [-0.39, 0.29) is 5.95 Å². The summed E-state index contributed by atoms with van der Waals surface area (Å²) in [7, 11) is 1.89. The fourth-order valence-electron chi connectivity index (χ4n) is 2.86. The molecule has 0 saturated carbocycles. The number of pyridine rings is 1. The predicted molar refractivity (Wildman–Crippen MR) is 89.0 cm³/mol. The van der Waals surface area contributed by atoms with Gasteiger partial charge in [-0.05, 0) is 12.1 Å². The molecule has 0 radical (unpaired) electrons. The molecule has 4 heterocycles. The molecule has 1 aliphatic heterocycles. The molecule has 0 aliphatic carbocycles. The second-order valence-corrected chi connectivity index (χ2v) is 5.60. The Morgan fingerprint density at radius 3 is 2.83 bits per heavy atom. The first-order valence-corrected chi connectivity index (χ1v) is 7.59. The van der Waals surface area contributed by atoms with Crippen molar-refractivity contribution in [1.29, 1.82) is 0 Å². The minimum absolute atomic E-state index is 0.247. The average Bonchev–Trinajstić information content (AvgIpc) is 2.96. The minimum atomic E-state index is 0.247. The zero-order valence-electron chi connectivity index (χ0n) is 12.9. The van der Waals surface area contributed by atoms with Crippen molar-refractivity contribution in [3.8, 4) is 11.3 Å². The number of hydrogen-bond acceptors (Lipinski definition) is 7. The van der Waals surface area contributed by atoms with Crippen LogP contribution in [-0.4, -0.2) is 50.7 Å². The van der Waals surface area contributed by atoms with E-state index in [1.165, 1.54) is 0 Å². The zero-order chi connectivity index (χ0) is 15.8. The first kappa shape index (κ1) is 13.9. The summed E-state index contributed by atoms with van der Waals surface area (Å²) in [4.78, 5) is 19.8. The quantitative estimate of drug-likeness (QED) is 0.707. The van der Waals surface area contributed by atoms with E-state index in [0.717, 1.165) is 54.4 Å². The monoisotopic (exact) mass is 310 g/mol. The molecule has 3 aromatic rings. The molecule has 0 atom stereocenters. The van der Waals surface area contributed by atoms with Gasteiger partial charge in [0.15, 0.2) is 5.65 Å². The number of imidazole rings is 1. The maximum absolute atomic E-state index is 5.87. The number of aromatic nitrogens is 5. The third-order valence-corrected chi connectivity index (χ3v) is 4.04. The third kappa shape index (κ3) is 2.46. The molecule has 1 aliphatic rings. The molecule has 0 bridgehead atoms. The molecular weight excluding hydrogens is 292 g/mol. The van der Waals surface area contributed by atoms with Crippen molar-refractivity contribution in [2.45, 2.75) is 0 Å². The molecule has 0 unspecified atom stereocenters. The Kier molecular flexibility index (Phi) is 3.30. The molecule has 4 rings (SSSR count). The van der Waals surface area contributed by atoms with Crippen molar-refractivity contribution < 1.29 is 0 Å². The van der Waals surface area contributed by atoms with Gasteiger partial charge in [-0.1, -0.05) is 0 Å².